The van der Waals surface area contributed by atoms with Crippen LogP contribution in [0.1, 0.15) is 25.3 Å². The van der Waals surface area contributed by atoms with Crippen molar-refractivity contribution < 1.29 is 4.74 Å². The zero-order valence-electron chi connectivity index (χ0n) is 11.1. The van der Waals surface area contributed by atoms with E-state index in [1.165, 1.54) is 18.4 Å². The summed E-state index contributed by atoms with van der Waals surface area (Å²) < 4.78 is 5.89. The molecule has 2 heteroatoms. The van der Waals surface area contributed by atoms with Crippen LogP contribution in [-0.4, -0.2) is 25.8 Å². The van der Waals surface area contributed by atoms with E-state index in [9.17, 15) is 0 Å². The first-order chi connectivity index (χ1) is 8.86. The minimum atomic E-state index is 0.368. The van der Waals surface area contributed by atoms with Crippen molar-refractivity contribution in [3.8, 4) is 0 Å². The van der Waals surface area contributed by atoms with Gasteiger partial charge in [0.25, 0.3) is 0 Å². The lowest BCUT2D eigenvalue weighted by Crippen LogP contribution is -2.34. The van der Waals surface area contributed by atoms with E-state index >= 15 is 0 Å². The van der Waals surface area contributed by atoms with Crippen LogP contribution in [-0.2, 0) is 4.74 Å². The highest BCUT2D eigenvalue weighted by Crippen LogP contribution is 2.18. The number of rotatable bonds is 5. The van der Waals surface area contributed by atoms with E-state index in [2.05, 4.69) is 48.7 Å². The molecule has 1 atom stereocenters. The molecule has 1 heterocycles. The van der Waals surface area contributed by atoms with E-state index in [-0.39, 0.29) is 0 Å². The van der Waals surface area contributed by atoms with Gasteiger partial charge in [-0.05, 0) is 44.3 Å². The lowest BCUT2D eigenvalue weighted by molar-refractivity contribution is 0.0318. The summed E-state index contributed by atoms with van der Waals surface area (Å²) in [6, 6.07) is 10.4. The normalized spacial score (nSPS) is 19.2. The molecule has 1 N–H and O–H groups in total. The first-order valence-electron chi connectivity index (χ1n) is 6.90. The molecule has 0 saturated carbocycles. The van der Waals surface area contributed by atoms with Crippen LogP contribution in [0.4, 0.5) is 0 Å². The molecule has 2 nitrogen and oxygen atoms in total. The number of ether oxygens (including phenoxy) is 1. The summed E-state index contributed by atoms with van der Waals surface area (Å²) in [6.45, 7) is 5.18. The van der Waals surface area contributed by atoms with Gasteiger partial charge in [0.2, 0.25) is 0 Å². The smallest absolute Gasteiger partial charge is 0.0654 e. The molecule has 0 aliphatic carbocycles. The van der Waals surface area contributed by atoms with Crippen molar-refractivity contribution in [2.45, 2.75) is 25.9 Å². The maximum Gasteiger partial charge on any atom is 0.0654 e. The van der Waals surface area contributed by atoms with Gasteiger partial charge in [-0.3, -0.25) is 0 Å². The second-order valence-corrected chi connectivity index (χ2v) is 4.94. The molecule has 1 aliphatic rings. The molecule has 2 rings (SSSR count). The van der Waals surface area contributed by atoms with Crippen molar-refractivity contribution in [3.63, 3.8) is 0 Å². The highest BCUT2D eigenvalue weighted by molar-refractivity contribution is 5.48. The predicted molar refractivity (Wildman–Crippen MR) is 76.5 cm³/mol. The van der Waals surface area contributed by atoms with E-state index in [0.29, 0.717) is 12.7 Å². The lowest BCUT2D eigenvalue weighted by Gasteiger charge is -2.27. The number of piperidine rings is 1. The molecule has 1 aliphatic heterocycles. The van der Waals surface area contributed by atoms with Crippen molar-refractivity contribution in [3.05, 3.63) is 42.0 Å². The molecule has 1 aromatic rings. The van der Waals surface area contributed by atoms with Crippen molar-refractivity contribution in [2.24, 2.45) is 5.92 Å². The van der Waals surface area contributed by atoms with Crippen LogP contribution in [0.15, 0.2) is 36.4 Å². The minimum absolute atomic E-state index is 0.368. The van der Waals surface area contributed by atoms with Crippen LogP contribution in [0.2, 0.25) is 0 Å². The van der Waals surface area contributed by atoms with Crippen LogP contribution in [0.5, 0.6) is 0 Å². The SMILES string of the molecule is CC(OCC=Cc1ccccc1)C1CCNCC1. The van der Waals surface area contributed by atoms with Crippen LogP contribution in [0.25, 0.3) is 6.08 Å². The van der Waals surface area contributed by atoms with Gasteiger partial charge in [0.05, 0.1) is 12.7 Å². The molecule has 1 unspecified atom stereocenters. The topological polar surface area (TPSA) is 21.3 Å². The first-order valence-corrected chi connectivity index (χ1v) is 6.90. The molecule has 0 bridgehead atoms. The molecular formula is C16H23NO. The highest BCUT2D eigenvalue weighted by Gasteiger charge is 2.19. The van der Waals surface area contributed by atoms with Gasteiger partial charge < -0.3 is 10.1 Å². The Morgan fingerprint density at radius 3 is 2.72 bits per heavy atom. The summed E-state index contributed by atoms with van der Waals surface area (Å²) in [5, 5.41) is 3.39. The fourth-order valence-corrected chi connectivity index (χ4v) is 2.41. The third-order valence-corrected chi connectivity index (χ3v) is 3.61. The van der Waals surface area contributed by atoms with E-state index < -0.39 is 0 Å². The van der Waals surface area contributed by atoms with Gasteiger partial charge in [0.15, 0.2) is 0 Å². The Bertz CT molecular complexity index is 355. The second kappa shape index (κ2) is 7.34. The number of nitrogens with one attached hydrogen (secondary N) is 1. The summed E-state index contributed by atoms with van der Waals surface area (Å²) >= 11 is 0. The zero-order chi connectivity index (χ0) is 12.6. The average Bonchev–Trinajstić information content (AvgIpc) is 2.45. The monoisotopic (exact) mass is 245 g/mol. The summed E-state index contributed by atoms with van der Waals surface area (Å²) in [7, 11) is 0. The molecule has 0 aromatic heterocycles. The third-order valence-electron chi connectivity index (χ3n) is 3.61. The minimum Gasteiger partial charge on any atom is -0.374 e. The van der Waals surface area contributed by atoms with Gasteiger partial charge in [-0.2, -0.15) is 0 Å². The van der Waals surface area contributed by atoms with Crippen LogP contribution < -0.4 is 5.32 Å². The van der Waals surface area contributed by atoms with Crippen molar-refractivity contribution in [2.75, 3.05) is 19.7 Å². The van der Waals surface area contributed by atoms with Gasteiger partial charge in [-0.1, -0.05) is 42.5 Å². The predicted octanol–water partition coefficient (Wildman–Crippen LogP) is 3.10. The van der Waals surface area contributed by atoms with Crippen LogP contribution >= 0.6 is 0 Å². The van der Waals surface area contributed by atoms with Crippen LogP contribution in [0.3, 0.4) is 0 Å². The number of benzene rings is 1. The van der Waals surface area contributed by atoms with E-state index in [4.69, 9.17) is 4.74 Å². The molecule has 0 spiro atoms. The van der Waals surface area contributed by atoms with E-state index in [1.807, 2.05) is 6.07 Å². The number of hydrogen-bond donors (Lipinski definition) is 1. The molecule has 98 valence electrons. The average molecular weight is 245 g/mol. The fraction of sp³-hybridized carbons (Fsp3) is 0.500. The van der Waals surface area contributed by atoms with E-state index in [1.54, 1.807) is 0 Å². The quantitative estimate of drug-likeness (QED) is 0.860. The highest BCUT2D eigenvalue weighted by atomic mass is 16.5. The molecule has 18 heavy (non-hydrogen) atoms. The van der Waals surface area contributed by atoms with Gasteiger partial charge in [-0.15, -0.1) is 0 Å². The molecule has 0 radical (unpaired) electrons. The zero-order valence-corrected chi connectivity index (χ0v) is 11.1. The molecule has 0 amide bonds. The Hall–Kier alpha value is -1.12. The molecule has 1 aromatic carbocycles. The summed E-state index contributed by atoms with van der Waals surface area (Å²) in [6.07, 6.45) is 7.07. The molecular weight excluding hydrogens is 222 g/mol. The van der Waals surface area contributed by atoms with Crippen LogP contribution in [0, 0.1) is 5.92 Å². The summed E-state index contributed by atoms with van der Waals surface area (Å²) in [5.41, 5.74) is 1.23. The van der Waals surface area contributed by atoms with Crippen molar-refractivity contribution in [1.82, 2.24) is 5.32 Å². The maximum atomic E-state index is 5.89. The second-order valence-electron chi connectivity index (χ2n) is 4.94. The fourth-order valence-electron chi connectivity index (χ4n) is 2.41. The standard InChI is InChI=1S/C16H23NO/c1-14(16-9-11-17-12-10-16)18-13-5-8-15-6-3-2-4-7-15/h2-8,14,16-17H,9-13H2,1H3. The molecule has 1 fully saturated rings. The Kier molecular flexibility index (Phi) is 5.43. The lowest BCUT2D eigenvalue weighted by atomic mass is 9.93. The Morgan fingerprint density at radius 2 is 2.00 bits per heavy atom. The van der Waals surface area contributed by atoms with Gasteiger partial charge in [-0.25, -0.2) is 0 Å². The van der Waals surface area contributed by atoms with Gasteiger partial charge >= 0.3 is 0 Å². The first kappa shape index (κ1) is 13.3. The third kappa shape index (κ3) is 4.28. The van der Waals surface area contributed by atoms with Gasteiger partial charge in [0, 0.05) is 0 Å². The van der Waals surface area contributed by atoms with E-state index in [0.717, 1.165) is 19.0 Å². The maximum absolute atomic E-state index is 5.89. The largest absolute Gasteiger partial charge is 0.374 e. The van der Waals surface area contributed by atoms with Crippen molar-refractivity contribution in [1.29, 1.82) is 0 Å². The summed E-state index contributed by atoms with van der Waals surface area (Å²) in [5.74, 6) is 0.719. The molecule has 1 saturated heterocycles. The Morgan fingerprint density at radius 1 is 1.28 bits per heavy atom. The Balaban J connectivity index is 1.69. The Labute approximate surface area is 110 Å². The van der Waals surface area contributed by atoms with Gasteiger partial charge in [0.1, 0.15) is 0 Å². The van der Waals surface area contributed by atoms with Crippen molar-refractivity contribution >= 4 is 6.08 Å². The number of hydrogen-bond acceptors (Lipinski definition) is 2. The summed E-state index contributed by atoms with van der Waals surface area (Å²) in [4.78, 5) is 0.